The normalized spacial score (nSPS) is 26.2. The first-order valence-corrected chi connectivity index (χ1v) is 9.39. The summed E-state index contributed by atoms with van der Waals surface area (Å²) in [6, 6.07) is 14.4. The third-order valence-electron chi connectivity index (χ3n) is 5.57. The average Bonchev–Trinajstić information content (AvgIpc) is 2.58. The molecule has 1 heterocycles. The number of benzene rings is 1. The van der Waals surface area contributed by atoms with Crippen molar-refractivity contribution >= 4 is 0 Å². The van der Waals surface area contributed by atoms with Crippen molar-refractivity contribution in [1.29, 1.82) is 5.26 Å². The number of hydrogen-bond donors (Lipinski definition) is 0. The van der Waals surface area contributed by atoms with Crippen LogP contribution in [-0.2, 0) is 6.54 Å². The molecular weight excluding hydrogens is 294 g/mol. The summed E-state index contributed by atoms with van der Waals surface area (Å²) in [7, 11) is 2.24. The highest BCUT2D eigenvalue weighted by Crippen LogP contribution is 2.27. The molecule has 1 aliphatic rings. The van der Waals surface area contributed by atoms with Gasteiger partial charge in [0.1, 0.15) is 0 Å². The van der Waals surface area contributed by atoms with Gasteiger partial charge in [0.05, 0.1) is 6.07 Å². The van der Waals surface area contributed by atoms with E-state index in [4.69, 9.17) is 5.26 Å². The van der Waals surface area contributed by atoms with Crippen LogP contribution in [0.3, 0.4) is 0 Å². The Bertz CT molecular complexity index is 522. The molecule has 1 saturated heterocycles. The molecule has 24 heavy (non-hydrogen) atoms. The number of hydrogen-bond acceptors (Lipinski definition) is 3. The van der Waals surface area contributed by atoms with E-state index in [1.54, 1.807) is 0 Å². The number of piperidine rings is 1. The molecule has 2 rings (SSSR count). The molecule has 0 aliphatic carbocycles. The number of nitriles is 1. The van der Waals surface area contributed by atoms with Gasteiger partial charge in [-0.2, -0.15) is 5.26 Å². The third-order valence-corrected chi connectivity index (χ3v) is 5.57. The molecule has 132 valence electrons. The van der Waals surface area contributed by atoms with Gasteiger partial charge in [0, 0.05) is 31.1 Å². The van der Waals surface area contributed by atoms with Gasteiger partial charge in [-0.25, -0.2) is 0 Å². The Morgan fingerprint density at radius 3 is 2.67 bits per heavy atom. The van der Waals surface area contributed by atoms with E-state index in [1.165, 1.54) is 18.5 Å². The van der Waals surface area contributed by atoms with Crippen molar-refractivity contribution < 1.29 is 0 Å². The molecule has 1 aromatic rings. The van der Waals surface area contributed by atoms with Crippen molar-refractivity contribution in [3.63, 3.8) is 0 Å². The van der Waals surface area contributed by atoms with Crippen LogP contribution in [0.4, 0.5) is 0 Å². The summed E-state index contributed by atoms with van der Waals surface area (Å²) in [6.45, 7) is 10.0. The van der Waals surface area contributed by atoms with Gasteiger partial charge in [0.15, 0.2) is 0 Å². The lowest BCUT2D eigenvalue weighted by molar-refractivity contribution is 0.0398. The topological polar surface area (TPSA) is 30.3 Å². The summed E-state index contributed by atoms with van der Waals surface area (Å²) in [4.78, 5) is 5.16. The van der Waals surface area contributed by atoms with E-state index >= 15 is 0 Å². The maximum Gasteiger partial charge on any atom is 0.0652 e. The summed E-state index contributed by atoms with van der Waals surface area (Å²) < 4.78 is 0. The standard InChI is InChI=1S/C21H33N3/c1-17(14-22)9-8-12-24(16-20-10-6-5-7-11-20)21-13-19(3)23(4)15-18(21)2/h5-7,10-11,17-19,21H,8-9,12-13,15-16H2,1-4H3/t17-,18-,19-,21-/m1/s1. The summed E-state index contributed by atoms with van der Waals surface area (Å²) in [5, 5.41) is 9.02. The monoisotopic (exact) mass is 327 g/mol. The van der Waals surface area contributed by atoms with E-state index in [-0.39, 0.29) is 5.92 Å². The van der Waals surface area contributed by atoms with Crippen LogP contribution in [0.2, 0.25) is 0 Å². The molecule has 3 heteroatoms. The van der Waals surface area contributed by atoms with Crippen LogP contribution in [-0.4, -0.2) is 42.0 Å². The Morgan fingerprint density at radius 2 is 2.00 bits per heavy atom. The van der Waals surface area contributed by atoms with Gasteiger partial charge in [-0.15, -0.1) is 0 Å². The van der Waals surface area contributed by atoms with Crippen molar-refractivity contribution in [1.82, 2.24) is 9.80 Å². The lowest BCUT2D eigenvalue weighted by Crippen LogP contribution is -2.52. The highest BCUT2D eigenvalue weighted by Gasteiger charge is 2.32. The van der Waals surface area contributed by atoms with E-state index in [2.05, 4.69) is 67.1 Å². The second kappa shape index (κ2) is 9.20. The van der Waals surface area contributed by atoms with Crippen LogP contribution < -0.4 is 0 Å². The van der Waals surface area contributed by atoms with Crippen LogP contribution in [0.25, 0.3) is 0 Å². The zero-order chi connectivity index (χ0) is 17.5. The van der Waals surface area contributed by atoms with Gasteiger partial charge in [-0.3, -0.25) is 4.90 Å². The van der Waals surface area contributed by atoms with Gasteiger partial charge in [0.2, 0.25) is 0 Å². The molecule has 1 aromatic carbocycles. The minimum absolute atomic E-state index is 0.164. The third kappa shape index (κ3) is 5.33. The largest absolute Gasteiger partial charge is 0.303 e. The Hall–Kier alpha value is -1.37. The van der Waals surface area contributed by atoms with Crippen molar-refractivity contribution in [3.8, 4) is 6.07 Å². The van der Waals surface area contributed by atoms with E-state index in [0.29, 0.717) is 18.0 Å². The fraction of sp³-hybridized carbons (Fsp3) is 0.667. The average molecular weight is 328 g/mol. The lowest BCUT2D eigenvalue weighted by Gasteiger charge is -2.45. The quantitative estimate of drug-likeness (QED) is 0.753. The summed E-state index contributed by atoms with van der Waals surface area (Å²) >= 11 is 0. The second-order valence-corrected chi connectivity index (χ2v) is 7.70. The van der Waals surface area contributed by atoms with Gasteiger partial charge < -0.3 is 4.90 Å². The molecule has 4 atom stereocenters. The summed E-state index contributed by atoms with van der Waals surface area (Å²) in [5.74, 6) is 0.848. The summed E-state index contributed by atoms with van der Waals surface area (Å²) in [6.07, 6.45) is 3.34. The van der Waals surface area contributed by atoms with Crippen molar-refractivity contribution in [2.75, 3.05) is 20.1 Å². The molecular formula is C21H33N3. The van der Waals surface area contributed by atoms with E-state index in [1.807, 2.05) is 6.92 Å². The number of nitrogens with zero attached hydrogens (tertiary/aromatic N) is 3. The van der Waals surface area contributed by atoms with E-state index in [9.17, 15) is 0 Å². The molecule has 0 radical (unpaired) electrons. The van der Waals surface area contributed by atoms with Gasteiger partial charge in [0.25, 0.3) is 0 Å². The molecule has 0 bridgehead atoms. The fourth-order valence-corrected chi connectivity index (χ4v) is 3.87. The SMILES string of the molecule is C[C@@H]1CN(C)[C@H](C)C[C@H]1N(CCC[C@@H](C)C#N)Cc1ccccc1. The predicted molar refractivity (Wildman–Crippen MR) is 101 cm³/mol. The molecule has 0 unspecified atom stereocenters. The maximum absolute atomic E-state index is 9.02. The van der Waals surface area contributed by atoms with Gasteiger partial charge in [-0.05, 0) is 58.2 Å². The smallest absolute Gasteiger partial charge is 0.0652 e. The molecule has 0 N–H and O–H groups in total. The first-order chi connectivity index (χ1) is 11.5. The first kappa shape index (κ1) is 19.0. The van der Waals surface area contributed by atoms with Crippen LogP contribution in [0.5, 0.6) is 0 Å². The maximum atomic E-state index is 9.02. The highest BCUT2D eigenvalue weighted by molar-refractivity contribution is 5.14. The van der Waals surface area contributed by atoms with Crippen LogP contribution in [0, 0.1) is 23.2 Å². The van der Waals surface area contributed by atoms with Crippen molar-refractivity contribution in [2.24, 2.45) is 11.8 Å². The fourth-order valence-electron chi connectivity index (χ4n) is 3.87. The Kier molecular flexibility index (Phi) is 7.27. The molecule has 0 spiro atoms. The molecule has 3 nitrogen and oxygen atoms in total. The minimum Gasteiger partial charge on any atom is -0.303 e. The number of rotatable bonds is 7. The Balaban J connectivity index is 2.05. The van der Waals surface area contributed by atoms with Crippen LogP contribution in [0.1, 0.15) is 45.6 Å². The highest BCUT2D eigenvalue weighted by atomic mass is 15.2. The van der Waals surface area contributed by atoms with Crippen molar-refractivity contribution in [2.45, 2.75) is 58.7 Å². The molecule has 0 aromatic heterocycles. The van der Waals surface area contributed by atoms with Crippen LogP contribution >= 0.6 is 0 Å². The van der Waals surface area contributed by atoms with E-state index in [0.717, 1.165) is 25.9 Å². The zero-order valence-corrected chi connectivity index (χ0v) is 15.8. The van der Waals surface area contributed by atoms with Crippen LogP contribution in [0.15, 0.2) is 30.3 Å². The lowest BCUT2D eigenvalue weighted by atomic mass is 9.88. The molecule has 1 aliphatic heterocycles. The minimum atomic E-state index is 0.164. The van der Waals surface area contributed by atoms with E-state index < -0.39 is 0 Å². The molecule has 1 fully saturated rings. The predicted octanol–water partition coefficient (Wildman–Crippen LogP) is 4.16. The van der Waals surface area contributed by atoms with Gasteiger partial charge >= 0.3 is 0 Å². The Morgan fingerprint density at radius 1 is 1.29 bits per heavy atom. The van der Waals surface area contributed by atoms with Crippen molar-refractivity contribution in [3.05, 3.63) is 35.9 Å². The molecule has 0 saturated carbocycles. The first-order valence-electron chi connectivity index (χ1n) is 9.39. The Labute approximate surface area is 148 Å². The van der Waals surface area contributed by atoms with Gasteiger partial charge in [-0.1, -0.05) is 37.3 Å². The zero-order valence-electron chi connectivity index (χ0n) is 15.8. The summed E-state index contributed by atoms with van der Waals surface area (Å²) in [5.41, 5.74) is 1.39. The number of likely N-dealkylation sites (tertiary alicyclic amines) is 1. The molecule has 0 amide bonds. The second-order valence-electron chi connectivity index (χ2n) is 7.70.